The van der Waals surface area contributed by atoms with Crippen LogP contribution in [0, 0.1) is 45.3 Å². The van der Waals surface area contributed by atoms with Gasteiger partial charge in [-0.15, -0.1) is 0 Å². The lowest BCUT2D eigenvalue weighted by Gasteiger charge is -2.60. The van der Waals surface area contributed by atoms with Gasteiger partial charge in [-0.2, -0.15) is 0 Å². The Morgan fingerprint density at radius 1 is 0.976 bits per heavy atom. The lowest BCUT2D eigenvalue weighted by molar-refractivity contribution is -0.244. The third-order valence-electron chi connectivity index (χ3n) is 14.7. The Morgan fingerprint density at radius 2 is 1.78 bits per heavy atom. The van der Waals surface area contributed by atoms with Gasteiger partial charge in [-0.1, -0.05) is 34.6 Å². The van der Waals surface area contributed by atoms with Crippen LogP contribution < -0.4 is 0 Å². The van der Waals surface area contributed by atoms with Crippen LogP contribution in [-0.4, -0.2) is 80.1 Å². The average Bonchev–Trinajstić information content (AvgIpc) is 3.54. The Bertz CT molecular complexity index is 1020. The van der Waals surface area contributed by atoms with Crippen molar-refractivity contribution in [2.24, 2.45) is 45.3 Å². The van der Waals surface area contributed by atoms with Gasteiger partial charge < -0.3 is 24.0 Å². The van der Waals surface area contributed by atoms with Crippen molar-refractivity contribution in [1.29, 1.82) is 0 Å². The van der Waals surface area contributed by atoms with Crippen LogP contribution in [0.2, 0.25) is 0 Å². The van der Waals surface area contributed by atoms with E-state index >= 15 is 0 Å². The smallest absolute Gasteiger partial charge is 0.222 e. The van der Waals surface area contributed by atoms with Crippen LogP contribution in [0.3, 0.4) is 0 Å². The molecular formula is C35H58N2O4. The lowest BCUT2D eigenvalue weighted by Crippen LogP contribution is -2.56. The number of rotatable bonds is 6. The van der Waals surface area contributed by atoms with E-state index in [-0.39, 0.29) is 23.7 Å². The van der Waals surface area contributed by atoms with Crippen molar-refractivity contribution < 1.29 is 19.0 Å². The molecule has 232 valence electrons. The van der Waals surface area contributed by atoms with Crippen molar-refractivity contribution in [3.63, 3.8) is 0 Å². The number of carbonyl (C=O) groups is 1. The summed E-state index contributed by atoms with van der Waals surface area (Å²) in [5, 5.41) is 0. The van der Waals surface area contributed by atoms with E-state index < -0.39 is 0 Å². The molecule has 7 aliphatic rings. The maximum absolute atomic E-state index is 12.4. The first kappa shape index (κ1) is 29.0. The fourth-order valence-electron chi connectivity index (χ4n) is 12.5. The number of hydrogen-bond acceptors (Lipinski definition) is 5. The Balaban J connectivity index is 1.05. The van der Waals surface area contributed by atoms with Gasteiger partial charge in [0.05, 0.1) is 31.5 Å². The molecule has 2 spiro atoms. The monoisotopic (exact) mass is 570 g/mol. The van der Waals surface area contributed by atoms with Crippen molar-refractivity contribution in [3.8, 4) is 0 Å². The first-order chi connectivity index (χ1) is 19.6. The standard InChI is InChI=1S/C35H58N2O4/c1-7-30(38)37-17-18-39-31(21-37)41-29-13-14-35-22-34(35)16-15-33(5)25-10-9-23(20-36(6)8-2)40-27(25)19-26(33)24(34)11-12-28(35)32(29,3)4/h23-29,31H,7-22H2,1-6H3. The van der Waals surface area contributed by atoms with Crippen molar-refractivity contribution in [1.82, 2.24) is 9.80 Å². The molecule has 11 atom stereocenters. The van der Waals surface area contributed by atoms with Crippen LogP contribution in [0.1, 0.15) is 105 Å². The zero-order valence-electron chi connectivity index (χ0n) is 27.0. The fraction of sp³-hybridized carbons (Fsp3) is 0.971. The molecule has 5 aliphatic carbocycles. The van der Waals surface area contributed by atoms with Crippen LogP contribution in [0.4, 0.5) is 0 Å². The summed E-state index contributed by atoms with van der Waals surface area (Å²) in [5.74, 6) is 3.47. The van der Waals surface area contributed by atoms with Crippen LogP contribution in [0.5, 0.6) is 0 Å². The predicted molar refractivity (Wildman–Crippen MR) is 160 cm³/mol. The summed E-state index contributed by atoms with van der Waals surface area (Å²) in [6, 6.07) is 0. The van der Waals surface area contributed by atoms with E-state index in [1.807, 2.05) is 11.8 Å². The number of carbonyl (C=O) groups excluding carboxylic acids is 1. The van der Waals surface area contributed by atoms with Crippen molar-refractivity contribution in [2.75, 3.05) is 39.8 Å². The molecular weight excluding hydrogens is 512 g/mol. The highest BCUT2D eigenvalue weighted by Crippen LogP contribution is 2.87. The molecule has 5 saturated carbocycles. The number of hydrogen-bond donors (Lipinski definition) is 0. The van der Waals surface area contributed by atoms with Gasteiger partial charge in [0.15, 0.2) is 6.29 Å². The van der Waals surface area contributed by atoms with Gasteiger partial charge in [0, 0.05) is 19.5 Å². The third-order valence-corrected chi connectivity index (χ3v) is 14.7. The van der Waals surface area contributed by atoms with E-state index in [0.29, 0.717) is 54.6 Å². The molecule has 41 heavy (non-hydrogen) atoms. The molecule has 0 bridgehead atoms. The minimum atomic E-state index is -0.278. The number of ether oxygens (including phenoxy) is 3. The first-order valence-corrected chi connectivity index (χ1v) is 17.5. The summed E-state index contributed by atoms with van der Waals surface area (Å²) in [6.07, 6.45) is 14.9. The van der Waals surface area contributed by atoms with Crippen molar-refractivity contribution in [3.05, 3.63) is 0 Å². The van der Waals surface area contributed by atoms with Gasteiger partial charge in [-0.3, -0.25) is 4.79 Å². The van der Waals surface area contributed by atoms with Crippen molar-refractivity contribution in [2.45, 2.75) is 130 Å². The van der Waals surface area contributed by atoms with Crippen LogP contribution in [-0.2, 0) is 19.0 Å². The average molecular weight is 571 g/mol. The summed E-state index contributed by atoms with van der Waals surface area (Å²) in [7, 11) is 2.24. The number of morpholine rings is 1. The Labute approximate surface area is 249 Å². The molecule has 2 heterocycles. The summed E-state index contributed by atoms with van der Waals surface area (Å²) in [6.45, 7) is 16.0. The molecule has 7 fully saturated rings. The fourth-order valence-corrected chi connectivity index (χ4v) is 12.5. The maximum Gasteiger partial charge on any atom is 0.222 e. The Morgan fingerprint density at radius 3 is 2.56 bits per heavy atom. The van der Waals surface area contributed by atoms with Gasteiger partial charge >= 0.3 is 0 Å². The number of nitrogens with zero attached hydrogens (tertiary/aromatic N) is 2. The molecule has 6 heteroatoms. The molecule has 6 nitrogen and oxygen atoms in total. The zero-order chi connectivity index (χ0) is 28.8. The number of amides is 1. The van der Waals surface area contributed by atoms with Gasteiger partial charge in [-0.25, -0.2) is 0 Å². The topological polar surface area (TPSA) is 51.2 Å². The van der Waals surface area contributed by atoms with Gasteiger partial charge in [0.2, 0.25) is 5.91 Å². The van der Waals surface area contributed by atoms with E-state index in [0.717, 1.165) is 43.2 Å². The van der Waals surface area contributed by atoms with Gasteiger partial charge in [0.1, 0.15) is 0 Å². The molecule has 7 rings (SSSR count). The first-order valence-electron chi connectivity index (χ1n) is 17.5. The highest BCUT2D eigenvalue weighted by molar-refractivity contribution is 5.75. The molecule has 2 aliphatic heterocycles. The van der Waals surface area contributed by atoms with Crippen LogP contribution in [0.15, 0.2) is 0 Å². The largest absolute Gasteiger partial charge is 0.373 e. The highest BCUT2D eigenvalue weighted by Gasteiger charge is 2.80. The lowest BCUT2D eigenvalue weighted by atomic mass is 9.46. The SMILES string of the molecule is CCC(=O)N1CCOC(OC2CCC34CC35CCC3(C)C6CCC(CN(C)CC)OC6CC3C5CCC4C2(C)C)C1. The number of fused-ring (bicyclic) bond motifs is 4. The van der Waals surface area contributed by atoms with Gasteiger partial charge in [-0.05, 0) is 123 Å². The summed E-state index contributed by atoms with van der Waals surface area (Å²) in [5.41, 5.74) is 1.72. The van der Waals surface area contributed by atoms with Crippen molar-refractivity contribution >= 4 is 5.91 Å². The number of likely N-dealkylation sites (N-methyl/N-ethyl adjacent to an activating group) is 1. The Hall–Kier alpha value is -0.690. The van der Waals surface area contributed by atoms with E-state index in [1.165, 1.54) is 57.8 Å². The normalized spacial score (nSPS) is 49.9. The van der Waals surface area contributed by atoms with E-state index in [1.54, 1.807) is 0 Å². The van der Waals surface area contributed by atoms with Crippen LogP contribution in [0.25, 0.3) is 0 Å². The molecule has 11 unspecified atom stereocenters. The second-order valence-corrected chi connectivity index (χ2v) is 16.4. The third kappa shape index (κ3) is 4.26. The Kier molecular flexibility index (Phi) is 7.21. The quantitative estimate of drug-likeness (QED) is 0.385. The van der Waals surface area contributed by atoms with Crippen LogP contribution >= 0.6 is 0 Å². The zero-order valence-corrected chi connectivity index (χ0v) is 27.0. The van der Waals surface area contributed by atoms with E-state index in [4.69, 9.17) is 14.2 Å². The second-order valence-electron chi connectivity index (χ2n) is 16.4. The summed E-state index contributed by atoms with van der Waals surface area (Å²) < 4.78 is 19.8. The van der Waals surface area contributed by atoms with E-state index in [9.17, 15) is 4.79 Å². The minimum Gasteiger partial charge on any atom is -0.373 e. The van der Waals surface area contributed by atoms with E-state index in [2.05, 4.69) is 39.6 Å². The molecule has 1 amide bonds. The molecule has 0 radical (unpaired) electrons. The maximum atomic E-state index is 12.4. The molecule has 0 N–H and O–H groups in total. The molecule has 0 aromatic heterocycles. The summed E-state index contributed by atoms with van der Waals surface area (Å²) >= 11 is 0. The molecule has 0 aromatic carbocycles. The molecule has 0 aromatic rings. The second kappa shape index (κ2) is 10.2. The minimum absolute atomic E-state index is 0.138. The highest BCUT2D eigenvalue weighted by atomic mass is 16.7. The molecule has 2 saturated heterocycles. The summed E-state index contributed by atoms with van der Waals surface area (Å²) in [4.78, 5) is 16.7. The predicted octanol–water partition coefficient (Wildman–Crippen LogP) is 6.12. The van der Waals surface area contributed by atoms with Gasteiger partial charge in [0.25, 0.3) is 0 Å².